The highest BCUT2D eigenvalue weighted by molar-refractivity contribution is 5.78. The maximum absolute atomic E-state index is 12.0. The molecule has 0 atom stereocenters. The Hall–Kier alpha value is -3.69. The number of ether oxygens (including phenoxy) is 1. The molecule has 1 aromatic heterocycles. The molecule has 0 aliphatic carbocycles. The van der Waals surface area contributed by atoms with E-state index in [0.29, 0.717) is 5.75 Å². The number of carbonyl (C=O) groups is 1. The van der Waals surface area contributed by atoms with Crippen LogP contribution in [0.3, 0.4) is 0 Å². The molecule has 10 heteroatoms. The second kappa shape index (κ2) is 8.33. The molecule has 0 unspecified atom stereocenters. The fraction of sp³-hybridized carbons (Fsp3) is 0.278. The maximum atomic E-state index is 12.0. The third-order valence-electron chi connectivity index (χ3n) is 4.21. The van der Waals surface area contributed by atoms with Crippen molar-refractivity contribution in [3.8, 4) is 11.6 Å². The Morgan fingerprint density at radius 3 is 2.57 bits per heavy atom. The average molecular weight is 386 g/mol. The van der Waals surface area contributed by atoms with Crippen molar-refractivity contribution in [3.63, 3.8) is 0 Å². The van der Waals surface area contributed by atoms with E-state index in [1.54, 1.807) is 35.2 Å². The van der Waals surface area contributed by atoms with E-state index in [0.717, 1.165) is 31.5 Å². The number of benzene rings is 1. The van der Waals surface area contributed by atoms with E-state index in [-0.39, 0.29) is 18.3 Å². The van der Waals surface area contributed by atoms with Crippen LogP contribution >= 0.6 is 0 Å². The first kappa shape index (κ1) is 19.1. The van der Waals surface area contributed by atoms with Crippen molar-refractivity contribution in [1.29, 1.82) is 0 Å². The van der Waals surface area contributed by atoms with Crippen LogP contribution in [0.1, 0.15) is 24.2 Å². The van der Waals surface area contributed by atoms with Gasteiger partial charge in [-0.25, -0.2) is 0 Å². The van der Waals surface area contributed by atoms with Crippen LogP contribution in [0.15, 0.2) is 29.1 Å². The van der Waals surface area contributed by atoms with Gasteiger partial charge < -0.3 is 19.7 Å². The summed E-state index contributed by atoms with van der Waals surface area (Å²) in [7, 11) is 0. The molecule has 10 nitrogen and oxygen atoms in total. The number of aromatic hydroxyl groups is 1. The van der Waals surface area contributed by atoms with Gasteiger partial charge in [0.2, 0.25) is 0 Å². The summed E-state index contributed by atoms with van der Waals surface area (Å²) in [6.45, 7) is 1.54. The number of aromatic amines is 1. The second-order valence-electron chi connectivity index (χ2n) is 6.16. The largest absolute Gasteiger partial charge is 0.488 e. The molecule has 2 N–H and O–H groups in total. The van der Waals surface area contributed by atoms with E-state index in [4.69, 9.17) is 4.74 Å². The summed E-state index contributed by atoms with van der Waals surface area (Å²) >= 11 is 0. The lowest BCUT2D eigenvalue weighted by molar-refractivity contribution is -0.387. The Kier molecular flexibility index (Phi) is 5.68. The molecule has 146 valence electrons. The standard InChI is InChI=1S/C18H18N4O6/c23-15(21-9-1-2-10-21)11-28-13-6-3-12(4-7-13)5-8-14-19-17(24)16(22(26)27)18(25)20-14/h3-8H,1-2,9-11H2,(H2,19,20,24,25)/b8-5+. The number of nitrogens with one attached hydrogen (secondary N) is 1. The Morgan fingerprint density at radius 1 is 1.29 bits per heavy atom. The molecular weight excluding hydrogens is 368 g/mol. The van der Waals surface area contributed by atoms with Crippen molar-refractivity contribution in [3.05, 3.63) is 56.1 Å². The molecule has 0 spiro atoms. The van der Waals surface area contributed by atoms with Gasteiger partial charge in [-0.3, -0.25) is 19.7 Å². The first-order chi connectivity index (χ1) is 13.4. The Labute approximate surface area is 159 Å². The smallest absolute Gasteiger partial charge is 0.395 e. The molecule has 1 saturated heterocycles. The van der Waals surface area contributed by atoms with Gasteiger partial charge in [-0.2, -0.15) is 4.98 Å². The summed E-state index contributed by atoms with van der Waals surface area (Å²) in [6.07, 6.45) is 5.05. The van der Waals surface area contributed by atoms with Gasteiger partial charge >= 0.3 is 11.2 Å². The normalized spacial score (nSPS) is 13.8. The molecule has 0 bridgehead atoms. The Bertz CT molecular complexity index is 961. The fourth-order valence-electron chi connectivity index (χ4n) is 2.77. The third kappa shape index (κ3) is 4.53. The first-order valence-corrected chi connectivity index (χ1v) is 8.60. The molecular formula is C18H18N4O6. The van der Waals surface area contributed by atoms with E-state index in [9.17, 15) is 24.8 Å². The number of aromatic nitrogens is 2. The molecule has 1 aliphatic heterocycles. The molecule has 1 aromatic carbocycles. The molecule has 1 amide bonds. The zero-order chi connectivity index (χ0) is 20.1. The van der Waals surface area contributed by atoms with Gasteiger partial charge in [0, 0.05) is 13.1 Å². The zero-order valence-corrected chi connectivity index (χ0v) is 14.8. The van der Waals surface area contributed by atoms with Gasteiger partial charge in [-0.1, -0.05) is 18.2 Å². The van der Waals surface area contributed by atoms with Crippen molar-refractivity contribution in [2.75, 3.05) is 19.7 Å². The Morgan fingerprint density at radius 2 is 1.96 bits per heavy atom. The molecule has 2 heterocycles. The molecule has 1 fully saturated rings. The van der Waals surface area contributed by atoms with Crippen LogP contribution in [-0.2, 0) is 4.79 Å². The lowest BCUT2D eigenvalue weighted by Gasteiger charge is -2.15. The van der Waals surface area contributed by atoms with Gasteiger partial charge in [0.15, 0.2) is 6.61 Å². The SMILES string of the molecule is O=C(COc1ccc(/C=C/c2nc(O)c([N+](=O)[O-])c(=O)[nH]2)cc1)N1CCCC1. The summed E-state index contributed by atoms with van der Waals surface area (Å²) in [5.41, 5.74) is -1.30. The molecule has 2 aromatic rings. The highest BCUT2D eigenvalue weighted by Crippen LogP contribution is 2.18. The van der Waals surface area contributed by atoms with Crippen LogP contribution < -0.4 is 10.3 Å². The highest BCUT2D eigenvalue weighted by Gasteiger charge is 2.21. The predicted molar refractivity (Wildman–Crippen MR) is 99.9 cm³/mol. The second-order valence-corrected chi connectivity index (χ2v) is 6.16. The number of carbonyl (C=O) groups excluding carboxylic acids is 1. The van der Waals surface area contributed by atoms with E-state index in [2.05, 4.69) is 9.97 Å². The van der Waals surface area contributed by atoms with Crippen LogP contribution in [0.5, 0.6) is 11.6 Å². The number of nitro groups is 1. The van der Waals surface area contributed by atoms with Gasteiger partial charge in [0.05, 0.1) is 4.92 Å². The first-order valence-electron chi connectivity index (χ1n) is 8.60. The van der Waals surface area contributed by atoms with Crippen molar-refractivity contribution < 1.29 is 19.6 Å². The molecule has 28 heavy (non-hydrogen) atoms. The van der Waals surface area contributed by atoms with E-state index in [1.807, 2.05) is 0 Å². The van der Waals surface area contributed by atoms with Crippen LogP contribution in [0.25, 0.3) is 12.2 Å². The molecule has 3 rings (SSSR count). The third-order valence-corrected chi connectivity index (χ3v) is 4.21. The summed E-state index contributed by atoms with van der Waals surface area (Å²) < 4.78 is 5.49. The summed E-state index contributed by atoms with van der Waals surface area (Å²) in [5, 5.41) is 20.2. The fourth-order valence-corrected chi connectivity index (χ4v) is 2.77. The van der Waals surface area contributed by atoms with Crippen molar-refractivity contribution in [1.82, 2.24) is 14.9 Å². The van der Waals surface area contributed by atoms with Crippen molar-refractivity contribution >= 4 is 23.7 Å². The summed E-state index contributed by atoms with van der Waals surface area (Å²) in [4.78, 5) is 40.8. The number of H-pyrrole nitrogens is 1. The lowest BCUT2D eigenvalue weighted by Crippen LogP contribution is -2.32. The molecule has 1 aliphatic rings. The number of hydrogen-bond donors (Lipinski definition) is 2. The van der Waals surface area contributed by atoms with Crippen LogP contribution in [0.2, 0.25) is 0 Å². The van der Waals surface area contributed by atoms with Gasteiger partial charge in [-0.15, -0.1) is 0 Å². The number of amides is 1. The average Bonchev–Trinajstić information content (AvgIpc) is 3.19. The zero-order valence-electron chi connectivity index (χ0n) is 14.8. The van der Waals surface area contributed by atoms with E-state index in [1.165, 1.54) is 6.08 Å². The topological polar surface area (TPSA) is 139 Å². The number of nitrogens with zero attached hydrogens (tertiary/aromatic N) is 3. The van der Waals surface area contributed by atoms with Gasteiger partial charge in [0.1, 0.15) is 11.6 Å². The minimum Gasteiger partial charge on any atom is -0.488 e. The highest BCUT2D eigenvalue weighted by atomic mass is 16.6. The Balaban J connectivity index is 1.61. The maximum Gasteiger partial charge on any atom is 0.395 e. The van der Waals surface area contributed by atoms with Gasteiger partial charge in [0.25, 0.3) is 11.8 Å². The summed E-state index contributed by atoms with van der Waals surface area (Å²) in [5.74, 6) is -0.455. The lowest BCUT2D eigenvalue weighted by atomic mass is 10.2. The van der Waals surface area contributed by atoms with Crippen LogP contribution in [0.4, 0.5) is 5.69 Å². The van der Waals surface area contributed by atoms with E-state index >= 15 is 0 Å². The van der Waals surface area contributed by atoms with Crippen molar-refractivity contribution in [2.45, 2.75) is 12.8 Å². The van der Waals surface area contributed by atoms with Crippen LogP contribution in [0, 0.1) is 10.1 Å². The number of likely N-dealkylation sites (tertiary alicyclic amines) is 1. The molecule has 0 radical (unpaired) electrons. The molecule has 0 saturated carbocycles. The van der Waals surface area contributed by atoms with Gasteiger partial charge in [-0.05, 0) is 36.6 Å². The monoisotopic (exact) mass is 386 g/mol. The minimum absolute atomic E-state index is 0.0115. The minimum atomic E-state index is -1.04. The predicted octanol–water partition coefficient (Wildman–Crippen LogP) is 1.56. The number of rotatable bonds is 6. The van der Waals surface area contributed by atoms with Crippen LogP contribution in [-0.4, -0.2) is 50.5 Å². The van der Waals surface area contributed by atoms with Crippen molar-refractivity contribution in [2.24, 2.45) is 0 Å². The van der Waals surface area contributed by atoms with E-state index < -0.39 is 22.0 Å². The number of hydrogen-bond acceptors (Lipinski definition) is 7. The summed E-state index contributed by atoms with van der Waals surface area (Å²) in [6, 6.07) is 6.85. The quantitative estimate of drug-likeness (QED) is 0.567.